The SMILES string of the molecule is Cc1cccc(COc2ccccc2CN(Cc2ccccc2OCc2cccc(C)c2)c2ccc3[nH]c(=O)c(P(C)(=O)O)cc3c2)c1. The number of hydrogen-bond donors (Lipinski definition) is 2. The van der Waals surface area contributed by atoms with E-state index in [-0.39, 0.29) is 5.30 Å². The van der Waals surface area contributed by atoms with Crippen molar-refractivity contribution >= 4 is 29.3 Å². The summed E-state index contributed by atoms with van der Waals surface area (Å²) < 4.78 is 25.3. The van der Waals surface area contributed by atoms with Crippen molar-refractivity contribution in [3.63, 3.8) is 0 Å². The van der Waals surface area contributed by atoms with Crippen molar-refractivity contribution in [2.45, 2.75) is 40.2 Å². The van der Waals surface area contributed by atoms with E-state index < -0.39 is 12.9 Å². The number of benzene rings is 5. The Morgan fingerprint density at radius 3 is 1.75 bits per heavy atom. The van der Waals surface area contributed by atoms with E-state index in [9.17, 15) is 14.3 Å². The Labute approximate surface area is 280 Å². The minimum Gasteiger partial charge on any atom is -0.489 e. The molecule has 1 atom stereocenters. The molecule has 0 aliphatic heterocycles. The van der Waals surface area contributed by atoms with Gasteiger partial charge in [0.05, 0.1) is 0 Å². The molecule has 0 spiro atoms. The topological polar surface area (TPSA) is 91.9 Å². The highest BCUT2D eigenvalue weighted by atomic mass is 31.2. The van der Waals surface area contributed by atoms with Crippen molar-refractivity contribution < 1.29 is 18.9 Å². The molecule has 0 amide bonds. The monoisotopic (exact) mass is 658 g/mol. The van der Waals surface area contributed by atoms with Crippen LogP contribution in [0.5, 0.6) is 11.5 Å². The van der Waals surface area contributed by atoms with E-state index in [0.29, 0.717) is 37.2 Å². The summed E-state index contributed by atoms with van der Waals surface area (Å²) in [6.07, 6.45) is 0. The van der Waals surface area contributed by atoms with E-state index in [1.54, 1.807) is 0 Å². The molecule has 8 heteroatoms. The van der Waals surface area contributed by atoms with E-state index in [2.05, 4.69) is 72.3 Å². The lowest BCUT2D eigenvalue weighted by Gasteiger charge is -2.27. The lowest BCUT2D eigenvalue weighted by molar-refractivity contribution is 0.301. The van der Waals surface area contributed by atoms with Crippen LogP contribution in [0.2, 0.25) is 0 Å². The van der Waals surface area contributed by atoms with Crippen LogP contribution in [0.15, 0.2) is 126 Å². The lowest BCUT2D eigenvalue weighted by atomic mass is 10.1. The average Bonchev–Trinajstić information content (AvgIpc) is 3.06. The van der Waals surface area contributed by atoms with Crippen LogP contribution >= 0.6 is 7.37 Å². The summed E-state index contributed by atoms with van der Waals surface area (Å²) >= 11 is 0. The number of nitrogens with zero attached hydrogens (tertiary/aromatic N) is 1. The highest BCUT2D eigenvalue weighted by molar-refractivity contribution is 7.65. The van der Waals surface area contributed by atoms with Gasteiger partial charge in [-0.3, -0.25) is 9.36 Å². The van der Waals surface area contributed by atoms with Gasteiger partial charge in [-0.2, -0.15) is 0 Å². The first-order chi connectivity index (χ1) is 23.1. The van der Waals surface area contributed by atoms with E-state index in [1.807, 2.05) is 66.7 Å². The van der Waals surface area contributed by atoms with Crippen LogP contribution in [0.4, 0.5) is 5.69 Å². The second-order valence-electron chi connectivity index (χ2n) is 12.3. The Morgan fingerprint density at radius 2 is 1.23 bits per heavy atom. The van der Waals surface area contributed by atoms with E-state index in [1.165, 1.54) is 23.9 Å². The molecule has 2 N–H and O–H groups in total. The number of nitrogens with one attached hydrogen (secondary N) is 1. The number of rotatable bonds is 12. The van der Waals surface area contributed by atoms with Gasteiger partial charge in [0, 0.05) is 47.5 Å². The standard InChI is InChI=1S/C40H39N2O5P/c1-28-10-8-12-30(20-28)26-46-37-16-6-4-14-32(37)24-42(35-18-19-36-34(22-35)23-39(40(43)41-36)48(3,44)45)25-33-15-5-7-17-38(33)47-27-31-13-9-11-29(2)21-31/h4-23H,24-27H2,1-3H3,(H,41,43)(H,44,45). The van der Waals surface area contributed by atoms with Crippen molar-refractivity contribution in [2.75, 3.05) is 11.6 Å². The Balaban J connectivity index is 1.36. The number of aromatic nitrogens is 1. The molecule has 6 aromatic rings. The smallest absolute Gasteiger partial charge is 0.261 e. The zero-order valence-corrected chi connectivity index (χ0v) is 28.2. The molecule has 244 valence electrons. The zero-order valence-electron chi connectivity index (χ0n) is 27.4. The third-order valence-corrected chi connectivity index (χ3v) is 9.47. The van der Waals surface area contributed by atoms with Crippen LogP contribution in [0, 0.1) is 13.8 Å². The third-order valence-electron chi connectivity index (χ3n) is 8.24. The van der Waals surface area contributed by atoms with E-state index in [4.69, 9.17) is 9.47 Å². The number of ether oxygens (including phenoxy) is 2. The summed E-state index contributed by atoms with van der Waals surface area (Å²) in [5.74, 6) is 1.57. The predicted octanol–water partition coefficient (Wildman–Crippen LogP) is 8.04. The largest absolute Gasteiger partial charge is 0.489 e. The highest BCUT2D eigenvalue weighted by Crippen LogP contribution is 2.34. The molecular weight excluding hydrogens is 619 g/mol. The van der Waals surface area contributed by atoms with Crippen LogP contribution in [0.25, 0.3) is 10.9 Å². The lowest BCUT2D eigenvalue weighted by Crippen LogP contribution is -2.27. The summed E-state index contributed by atoms with van der Waals surface area (Å²) in [4.78, 5) is 27.8. The first kappa shape index (κ1) is 32.8. The number of H-pyrrole nitrogens is 1. The predicted molar refractivity (Wildman–Crippen MR) is 194 cm³/mol. The molecule has 0 saturated carbocycles. The second-order valence-corrected chi connectivity index (χ2v) is 14.5. The Bertz CT molecular complexity index is 2080. The summed E-state index contributed by atoms with van der Waals surface area (Å²) in [7, 11) is -3.78. The summed E-state index contributed by atoms with van der Waals surface area (Å²) in [5.41, 5.74) is 7.45. The number of para-hydroxylation sites is 2. The fourth-order valence-corrected chi connectivity index (χ4v) is 6.63. The van der Waals surface area contributed by atoms with Gasteiger partial charge in [0.1, 0.15) is 30.0 Å². The molecule has 0 aliphatic carbocycles. The van der Waals surface area contributed by atoms with E-state index in [0.717, 1.165) is 39.4 Å². The minimum absolute atomic E-state index is 0.122. The number of aryl methyl sites for hydroxylation is 2. The molecule has 0 bridgehead atoms. The number of hydrogen-bond acceptors (Lipinski definition) is 5. The summed E-state index contributed by atoms with van der Waals surface area (Å²) in [6.45, 7) is 7.21. The van der Waals surface area contributed by atoms with E-state index >= 15 is 0 Å². The van der Waals surface area contributed by atoms with Crippen molar-refractivity contribution in [1.82, 2.24) is 4.98 Å². The Morgan fingerprint density at radius 1 is 0.688 bits per heavy atom. The van der Waals surface area contributed by atoms with Gasteiger partial charge in [-0.25, -0.2) is 0 Å². The number of pyridine rings is 1. The van der Waals surface area contributed by atoms with Gasteiger partial charge >= 0.3 is 0 Å². The average molecular weight is 659 g/mol. The molecule has 5 aromatic carbocycles. The van der Waals surface area contributed by atoms with Gasteiger partial charge in [0.15, 0.2) is 0 Å². The zero-order chi connectivity index (χ0) is 33.7. The molecule has 1 unspecified atom stereocenters. The van der Waals surface area contributed by atoms with Crippen molar-refractivity contribution in [1.29, 1.82) is 0 Å². The molecule has 48 heavy (non-hydrogen) atoms. The highest BCUT2D eigenvalue weighted by Gasteiger charge is 2.20. The first-order valence-corrected chi connectivity index (χ1v) is 18.0. The molecule has 0 saturated heterocycles. The van der Waals surface area contributed by atoms with Crippen LogP contribution in [0.1, 0.15) is 33.4 Å². The quantitative estimate of drug-likeness (QED) is 0.129. The molecular formula is C40H39N2O5P. The van der Waals surface area contributed by atoms with Gasteiger partial charge in [-0.1, -0.05) is 96.1 Å². The molecule has 1 aromatic heterocycles. The maximum atomic E-state index is 12.6. The van der Waals surface area contributed by atoms with Gasteiger partial charge in [-0.05, 0) is 61.4 Å². The van der Waals surface area contributed by atoms with Gasteiger partial charge in [0.25, 0.3) is 5.56 Å². The van der Waals surface area contributed by atoms with Gasteiger partial charge in [-0.15, -0.1) is 0 Å². The van der Waals surface area contributed by atoms with Gasteiger partial charge < -0.3 is 24.3 Å². The van der Waals surface area contributed by atoms with Crippen molar-refractivity contribution in [3.8, 4) is 11.5 Å². The Hall–Kier alpha value is -5.10. The number of aromatic amines is 1. The van der Waals surface area contributed by atoms with Crippen LogP contribution < -0.4 is 25.2 Å². The van der Waals surface area contributed by atoms with Crippen LogP contribution in [-0.2, 0) is 30.9 Å². The number of anilines is 1. The normalized spacial score (nSPS) is 12.4. The third kappa shape index (κ3) is 8.06. The van der Waals surface area contributed by atoms with Gasteiger partial charge in [0.2, 0.25) is 7.37 Å². The summed E-state index contributed by atoms with van der Waals surface area (Å²) in [5, 5.41) is 0.541. The van der Waals surface area contributed by atoms with Crippen LogP contribution in [-0.4, -0.2) is 16.5 Å². The molecule has 1 heterocycles. The minimum atomic E-state index is -3.78. The maximum Gasteiger partial charge on any atom is 0.261 e. The number of fused-ring (bicyclic) bond motifs is 1. The fraction of sp³-hybridized carbons (Fsp3) is 0.175. The molecule has 0 fully saturated rings. The van der Waals surface area contributed by atoms with Crippen molar-refractivity contribution in [3.05, 3.63) is 165 Å². The fourth-order valence-electron chi connectivity index (χ4n) is 5.81. The molecule has 6 rings (SSSR count). The molecule has 0 aliphatic rings. The maximum absolute atomic E-state index is 12.6. The van der Waals surface area contributed by atoms with Crippen LogP contribution in [0.3, 0.4) is 0 Å². The first-order valence-electron chi connectivity index (χ1n) is 15.9. The molecule has 7 nitrogen and oxygen atoms in total. The Kier molecular flexibility index (Phi) is 9.81. The van der Waals surface area contributed by atoms with Crippen molar-refractivity contribution in [2.24, 2.45) is 0 Å². The second kappa shape index (κ2) is 14.3. The summed E-state index contributed by atoms with van der Waals surface area (Å²) in [6, 6.07) is 39.9. The molecule has 0 radical (unpaired) electrons.